The number of carbonyl (C=O) groups is 1. The average molecular weight is 563 g/mol. The molecule has 0 aliphatic rings. The number of ether oxygens (including phenoxy) is 2. The molecule has 0 bridgehead atoms. The molecule has 4 aromatic carbocycles. The van der Waals surface area contributed by atoms with Crippen molar-refractivity contribution in [3.63, 3.8) is 0 Å². The molecular formula is C28H20Cl2N4O5. The first-order valence-corrected chi connectivity index (χ1v) is 12.3. The molecule has 0 saturated carbocycles. The maximum Gasteiger partial charge on any atom is 0.253 e. The number of nitrogens with two attached hydrogens (primary N) is 1. The fourth-order valence-corrected chi connectivity index (χ4v) is 4.34. The van der Waals surface area contributed by atoms with Crippen molar-refractivity contribution < 1.29 is 14.3 Å². The number of fused-ring (bicyclic) bond motifs is 1. The molecule has 0 aliphatic heterocycles. The lowest BCUT2D eigenvalue weighted by Gasteiger charge is -2.16. The number of amides is 1. The number of rotatable bonds is 9. The smallest absolute Gasteiger partial charge is 0.253 e. The molecule has 1 amide bonds. The topological polar surface area (TPSA) is 133 Å². The molecule has 4 N–H and O–H groups in total. The Morgan fingerprint density at radius 3 is 2.38 bits per heavy atom. The zero-order chi connectivity index (χ0) is 27.7. The third kappa shape index (κ3) is 5.22. The molecule has 1 aromatic heterocycles. The predicted molar refractivity (Wildman–Crippen MR) is 152 cm³/mol. The highest BCUT2D eigenvalue weighted by Crippen LogP contribution is 2.36. The first-order valence-electron chi connectivity index (χ1n) is 11.6. The summed E-state index contributed by atoms with van der Waals surface area (Å²) in [4.78, 5) is 40.6. The zero-order valence-electron chi connectivity index (χ0n) is 20.4. The Labute approximate surface area is 231 Å². The average Bonchev–Trinajstić information content (AvgIpc) is 2.93. The molecule has 9 nitrogen and oxygen atoms in total. The second-order valence-electron chi connectivity index (χ2n) is 8.50. The van der Waals surface area contributed by atoms with Crippen LogP contribution in [0.3, 0.4) is 0 Å². The van der Waals surface area contributed by atoms with Gasteiger partial charge in [0.05, 0.1) is 28.9 Å². The van der Waals surface area contributed by atoms with E-state index in [1.54, 1.807) is 54.7 Å². The first kappa shape index (κ1) is 26.0. The summed E-state index contributed by atoms with van der Waals surface area (Å²) in [5, 5.41) is 7.33. The number of hydrogen-bond acceptors (Lipinski definition) is 8. The Morgan fingerprint density at radius 2 is 1.69 bits per heavy atom. The van der Waals surface area contributed by atoms with Crippen molar-refractivity contribution in [3.8, 4) is 17.2 Å². The number of nitrogens with zero attached hydrogens (tertiary/aromatic N) is 1. The Hall–Kier alpha value is -4.60. The van der Waals surface area contributed by atoms with Gasteiger partial charge in [0.2, 0.25) is 0 Å². The van der Waals surface area contributed by atoms with E-state index in [0.717, 1.165) is 5.56 Å². The van der Waals surface area contributed by atoms with E-state index in [1.165, 1.54) is 7.11 Å². The van der Waals surface area contributed by atoms with Crippen LogP contribution in [0.4, 0.5) is 17.1 Å². The minimum atomic E-state index is -0.651. The Bertz CT molecular complexity index is 1800. The van der Waals surface area contributed by atoms with E-state index in [9.17, 15) is 14.4 Å². The molecule has 196 valence electrons. The van der Waals surface area contributed by atoms with Crippen molar-refractivity contribution in [2.75, 3.05) is 17.7 Å². The molecule has 5 aromatic rings. The summed E-state index contributed by atoms with van der Waals surface area (Å²) in [6.45, 7) is 0.334. The summed E-state index contributed by atoms with van der Waals surface area (Å²) in [6, 6.07) is 16.7. The summed E-state index contributed by atoms with van der Waals surface area (Å²) in [6.07, 6.45) is 1.56. The van der Waals surface area contributed by atoms with E-state index >= 15 is 0 Å². The molecule has 0 saturated heterocycles. The molecule has 0 spiro atoms. The third-order valence-corrected chi connectivity index (χ3v) is 6.57. The SMILES string of the molecule is COc1cc2nccc(Oc3ccc(Nc4c(NCc5ccc(Cl)cc5)c(=O)c4=O)c(Cl)c3)c2cc1C(N)=O. The minimum Gasteiger partial charge on any atom is -0.496 e. The summed E-state index contributed by atoms with van der Waals surface area (Å²) in [7, 11) is 1.44. The highest BCUT2D eigenvalue weighted by atomic mass is 35.5. The Kier molecular flexibility index (Phi) is 7.10. The van der Waals surface area contributed by atoms with Crippen molar-refractivity contribution in [1.82, 2.24) is 4.98 Å². The summed E-state index contributed by atoms with van der Waals surface area (Å²) >= 11 is 12.4. The third-order valence-electron chi connectivity index (χ3n) is 6.01. The van der Waals surface area contributed by atoms with Crippen LogP contribution in [0.1, 0.15) is 15.9 Å². The lowest BCUT2D eigenvalue weighted by Crippen LogP contribution is -2.36. The molecule has 0 radical (unpaired) electrons. The van der Waals surface area contributed by atoms with Crippen LogP contribution in [-0.4, -0.2) is 18.0 Å². The number of aromatic nitrogens is 1. The lowest BCUT2D eigenvalue weighted by molar-refractivity contribution is 0.0997. The van der Waals surface area contributed by atoms with Crippen LogP contribution >= 0.6 is 23.2 Å². The second-order valence-corrected chi connectivity index (χ2v) is 9.34. The van der Waals surface area contributed by atoms with Gasteiger partial charge in [-0.05, 0) is 42.0 Å². The van der Waals surface area contributed by atoms with E-state index in [-0.39, 0.29) is 22.0 Å². The first-order chi connectivity index (χ1) is 18.7. The van der Waals surface area contributed by atoms with Gasteiger partial charge < -0.3 is 25.8 Å². The van der Waals surface area contributed by atoms with Crippen LogP contribution in [0, 0.1) is 0 Å². The summed E-state index contributed by atoms with van der Waals surface area (Å²) < 4.78 is 11.3. The number of primary amides is 1. The summed E-state index contributed by atoms with van der Waals surface area (Å²) in [5.41, 5.74) is 6.57. The van der Waals surface area contributed by atoms with Gasteiger partial charge in [-0.2, -0.15) is 0 Å². The predicted octanol–water partition coefficient (Wildman–Crippen LogP) is 5.39. The molecule has 39 heavy (non-hydrogen) atoms. The molecule has 0 aliphatic carbocycles. The number of anilines is 3. The monoisotopic (exact) mass is 562 g/mol. The minimum absolute atomic E-state index is 0.123. The largest absolute Gasteiger partial charge is 0.496 e. The van der Waals surface area contributed by atoms with Gasteiger partial charge in [0.15, 0.2) is 0 Å². The fourth-order valence-electron chi connectivity index (χ4n) is 3.99. The van der Waals surface area contributed by atoms with Gasteiger partial charge >= 0.3 is 0 Å². The van der Waals surface area contributed by atoms with Crippen LogP contribution in [0.15, 0.2) is 76.4 Å². The van der Waals surface area contributed by atoms with Gasteiger partial charge in [0.25, 0.3) is 16.8 Å². The van der Waals surface area contributed by atoms with Gasteiger partial charge in [-0.25, -0.2) is 0 Å². The maximum absolute atomic E-state index is 12.3. The van der Waals surface area contributed by atoms with E-state index in [4.69, 9.17) is 38.4 Å². The van der Waals surface area contributed by atoms with Crippen LogP contribution < -0.4 is 36.7 Å². The van der Waals surface area contributed by atoms with Crippen LogP contribution in [0.5, 0.6) is 17.2 Å². The van der Waals surface area contributed by atoms with Gasteiger partial charge in [0, 0.05) is 35.3 Å². The van der Waals surface area contributed by atoms with Crippen molar-refractivity contribution >= 4 is 57.1 Å². The van der Waals surface area contributed by atoms with E-state index in [0.29, 0.717) is 45.4 Å². The van der Waals surface area contributed by atoms with Crippen LogP contribution in [-0.2, 0) is 6.54 Å². The lowest BCUT2D eigenvalue weighted by atomic mass is 10.1. The number of halogens is 2. The maximum atomic E-state index is 12.3. The van der Waals surface area contributed by atoms with Crippen molar-refractivity contribution in [2.45, 2.75) is 6.54 Å². The fraction of sp³-hybridized carbons (Fsp3) is 0.0714. The quantitative estimate of drug-likeness (QED) is 0.203. The number of methoxy groups -OCH3 is 1. The normalized spacial score (nSPS) is 10.9. The van der Waals surface area contributed by atoms with Crippen molar-refractivity contribution in [1.29, 1.82) is 0 Å². The Balaban J connectivity index is 1.36. The van der Waals surface area contributed by atoms with Crippen molar-refractivity contribution in [2.24, 2.45) is 5.73 Å². The van der Waals surface area contributed by atoms with Crippen LogP contribution in [0.25, 0.3) is 10.9 Å². The number of pyridine rings is 1. The molecule has 11 heteroatoms. The number of nitrogens with one attached hydrogen (secondary N) is 2. The van der Waals surface area contributed by atoms with E-state index in [2.05, 4.69) is 15.6 Å². The molecule has 1 heterocycles. The molecule has 0 unspecified atom stereocenters. The number of hydrogen-bond donors (Lipinski definition) is 3. The second kappa shape index (κ2) is 10.6. The van der Waals surface area contributed by atoms with Gasteiger partial charge in [-0.3, -0.25) is 19.4 Å². The zero-order valence-corrected chi connectivity index (χ0v) is 21.9. The Morgan fingerprint density at radius 1 is 0.949 bits per heavy atom. The molecular weight excluding hydrogens is 543 g/mol. The standard InChI is InChI=1S/C28H20Cl2N4O5/c1-38-23-12-21-17(11-18(23)28(31)37)22(8-9-32-21)39-16-6-7-20(19(30)10-16)34-25-24(26(35)27(25)36)33-13-14-2-4-15(29)5-3-14/h2-12,33-34H,13H2,1H3,(H2,31,37). The highest BCUT2D eigenvalue weighted by molar-refractivity contribution is 6.33. The summed E-state index contributed by atoms with van der Waals surface area (Å²) in [5.74, 6) is 0.458. The highest BCUT2D eigenvalue weighted by Gasteiger charge is 2.22. The van der Waals surface area contributed by atoms with Gasteiger partial charge in [-0.15, -0.1) is 0 Å². The van der Waals surface area contributed by atoms with E-state index in [1.807, 2.05) is 12.1 Å². The van der Waals surface area contributed by atoms with E-state index < -0.39 is 16.8 Å². The van der Waals surface area contributed by atoms with Gasteiger partial charge in [-0.1, -0.05) is 35.3 Å². The van der Waals surface area contributed by atoms with Crippen molar-refractivity contribution in [3.05, 3.63) is 108 Å². The van der Waals surface area contributed by atoms with Crippen LogP contribution in [0.2, 0.25) is 10.0 Å². The molecule has 0 atom stereocenters. The number of benzene rings is 3. The molecule has 5 rings (SSSR count). The number of carbonyl (C=O) groups excluding carboxylic acids is 1. The molecule has 0 fully saturated rings. The van der Waals surface area contributed by atoms with Gasteiger partial charge in [0.1, 0.15) is 28.6 Å².